The van der Waals surface area contributed by atoms with Gasteiger partial charge < -0.3 is 16.0 Å². The number of anilines is 2. The Labute approximate surface area is 274 Å². The van der Waals surface area contributed by atoms with Crippen molar-refractivity contribution in [2.24, 2.45) is 0 Å². The minimum absolute atomic E-state index is 0.0369. The van der Waals surface area contributed by atoms with Gasteiger partial charge in [0.05, 0.1) is 10.7 Å². The molecule has 3 amide bonds. The standard InChI is InChI=1S/C35H26Cl2N4O3S/c36-26-16-17-29(37)30(20-26)40-35(44)32(24-10-3-1-4-11-24)45-28-15-7-14-27(21-28)39-34(43)31(19-23-9-8-18-38-22-23)41-33(42)25-12-5-2-6-13-25/h1-22,32H,(H,39,43)(H,40,44)(H,41,42)/b31-19-. The van der Waals surface area contributed by atoms with E-state index in [0.717, 1.165) is 10.5 Å². The Kier molecular flexibility index (Phi) is 10.7. The molecule has 0 radical (unpaired) electrons. The van der Waals surface area contributed by atoms with E-state index >= 15 is 0 Å². The van der Waals surface area contributed by atoms with Crippen molar-refractivity contribution in [3.8, 4) is 0 Å². The normalized spacial score (nSPS) is 11.7. The molecule has 5 rings (SSSR count). The van der Waals surface area contributed by atoms with Crippen LogP contribution in [0.15, 0.2) is 138 Å². The first-order valence-electron chi connectivity index (χ1n) is 13.7. The number of nitrogens with zero attached hydrogens (tertiary/aromatic N) is 1. The number of rotatable bonds is 10. The minimum atomic E-state index is -0.654. The van der Waals surface area contributed by atoms with Crippen LogP contribution in [0, 0.1) is 0 Å². The average Bonchev–Trinajstić information content (AvgIpc) is 3.06. The fourth-order valence-corrected chi connectivity index (χ4v) is 5.66. The van der Waals surface area contributed by atoms with Crippen LogP contribution in [0.2, 0.25) is 10.0 Å². The van der Waals surface area contributed by atoms with Crippen molar-refractivity contribution < 1.29 is 14.4 Å². The van der Waals surface area contributed by atoms with Gasteiger partial charge in [0.2, 0.25) is 5.91 Å². The number of pyridine rings is 1. The molecule has 7 nitrogen and oxygen atoms in total. The van der Waals surface area contributed by atoms with Crippen LogP contribution in [-0.4, -0.2) is 22.7 Å². The molecule has 0 saturated heterocycles. The lowest BCUT2D eigenvalue weighted by atomic mass is 10.1. The van der Waals surface area contributed by atoms with Crippen molar-refractivity contribution in [2.75, 3.05) is 10.6 Å². The molecule has 0 saturated carbocycles. The van der Waals surface area contributed by atoms with E-state index < -0.39 is 17.1 Å². The fraction of sp³-hybridized carbons (Fsp3) is 0.0286. The van der Waals surface area contributed by atoms with E-state index in [1.54, 1.807) is 97.3 Å². The van der Waals surface area contributed by atoms with Crippen LogP contribution in [0.5, 0.6) is 0 Å². The molecule has 1 heterocycles. The molecule has 4 aromatic carbocycles. The average molecular weight is 654 g/mol. The van der Waals surface area contributed by atoms with Gasteiger partial charge in [-0.2, -0.15) is 0 Å². The molecule has 1 unspecified atom stereocenters. The van der Waals surface area contributed by atoms with Gasteiger partial charge in [0.25, 0.3) is 11.8 Å². The third kappa shape index (κ3) is 8.83. The SMILES string of the molecule is O=C(Nc1cccc(SC(C(=O)Nc2cc(Cl)ccc2Cl)c2ccccc2)c1)/C(=C/c1cccnc1)NC(=O)c1ccccc1. The summed E-state index contributed by atoms with van der Waals surface area (Å²) in [5, 5.41) is 8.63. The summed E-state index contributed by atoms with van der Waals surface area (Å²) in [6.45, 7) is 0. The molecule has 5 aromatic rings. The number of nitrogens with one attached hydrogen (secondary N) is 3. The number of thioether (sulfide) groups is 1. The zero-order valence-corrected chi connectivity index (χ0v) is 25.9. The fourth-order valence-electron chi connectivity index (χ4n) is 4.24. The van der Waals surface area contributed by atoms with Gasteiger partial charge in [-0.15, -0.1) is 11.8 Å². The van der Waals surface area contributed by atoms with Crippen molar-refractivity contribution in [3.05, 3.63) is 160 Å². The minimum Gasteiger partial charge on any atom is -0.323 e. The lowest BCUT2D eigenvalue weighted by Gasteiger charge is -2.18. The van der Waals surface area contributed by atoms with Gasteiger partial charge >= 0.3 is 0 Å². The van der Waals surface area contributed by atoms with E-state index in [9.17, 15) is 14.4 Å². The number of amides is 3. The number of halogens is 2. The largest absolute Gasteiger partial charge is 0.323 e. The lowest BCUT2D eigenvalue weighted by Crippen LogP contribution is -2.30. The Morgan fingerprint density at radius 3 is 2.27 bits per heavy atom. The highest BCUT2D eigenvalue weighted by Gasteiger charge is 2.23. The van der Waals surface area contributed by atoms with Gasteiger partial charge in [-0.1, -0.05) is 83.9 Å². The highest BCUT2D eigenvalue weighted by atomic mass is 35.5. The van der Waals surface area contributed by atoms with Crippen LogP contribution in [0.4, 0.5) is 11.4 Å². The zero-order valence-electron chi connectivity index (χ0n) is 23.6. The topological polar surface area (TPSA) is 100 Å². The molecule has 0 aliphatic heterocycles. The molecular weight excluding hydrogens is 627 g/mol. The van der Waals surface area contributed by atoms with E-state index in [0.29, 0.717) is 32.5 Å². The highest BCUT2D eigenvalue weighted by molar-refractivity contribution is 8.00. The predicted octanol–water partition coefficient (Wildman–Crippen LogP) is 8.27. The molecule has 3 N–H and O–H groups in total. The van der Waals surface area contributed by atoms with Gasteiger partial charge in [-0.3, -0.25) is 19.4 Å². The molecule has 0 spiro atoms. The number of aromatic nitrogens is 1. The number of benzene rings is 4. The lowest BCUT2D eigenvalue weighted by molar-refractivity contribution is -0.116. The third-order valence-corrected chi connectivity index (χ3v) is 8.21. The second kappa shape index (κ2) is 15.2. The van der Waals surface area contributed by atoms with Crippen LogP contribution >= 0.6 is 35.0 Å². The molecule has 1 aromatic heterocycles. The zero-order chi connectivity index (χ0) is 31.6. The second-order valence-corrected chi connectivity index (χ2v) is 11.7. The van der Waals surface area contributed by atoms with Crippen molar-refractivity contribution in [1.82, 2.24) is 10.3 Å². The summed E-state index contributed by atoms with van der Waals surface area (Å²) in [6.07, 6.45) is 4.76. The summed E-state index contributed by atoms with van der Waals surface area (Å²) < 4.78 is 0. The summed E-state index contributed by atoms with van der Waals surface area (Å²) in [4.78, 5) is 44.8. The molecular formula is C35H26Cl2N4O3S. The van der Waals surface area contributed by atoms with Gasteiger partial charge in [-0.25, -0.2) is 0 Å². The van der Waals surface area contributed by atoms with Gasteiger partial charge in [0.1, 0.15) is 10.9 Å². The molecule has 224 valence electrons. The molecule has 10 heteroatoms. The van der Waals surface area contributed by atoms with Crippen LogP contribution < -0.4 is 16.0 Å². The van der Waals surface area contributed by atoms with Crippen molar-refractivity contribution in [1.29, 1.82) is 0 Å². The van der Waals surface area contributed by atoms with Gasteiger partial charge in [-0.05, 0) is 71.8 Å². The Hall–Kier alpha value is -4.89. The predicted molar refractivity (Wildman–Crippen MR) is 181 cm³/mol. The molecule has 0 aliphatic rings. The van der Waals surface area contributed by atoms with Crippen molar-refractivity contribution >= 4 is 70.1 Å². The van der Waals surface area contributed by atoms with Gasteiger partial charge in [0.15, 0.2) is 0 Å². The highest BCUT2D eigenvalue weighted by Crippen LogP contribution is 2.38. The Morgan fingerprint density at radius 2 is 1.53 bits per heavy atom. The molecule has 0 bridgehead atoms. The third-order valence-electron chi connectivity index (χ3n) is 6.40. The first-order valence-corrected chi connectivity index (χ1v) is 15.4. The van der Waals surface area contributed by atoms with Crippen LogP contribution in [0.3, 0.4) is 0 Å². The van der Waals surface area contributed by atoms with E-state index in [-0.39, 0.29) is 11.6 Å². The monoisotopic (exact) mass is 652 g/mol. The number of hydrogen-bond donors (Lipinski definition) is 3. The van der Waals surface area contributed by atoms with Crippen molar-refractivity contribution in [2.45, 2.75) is 10.1 Å². The quantitative estimate of drug-likeness (QED) is 0.104. The molecule has 0 aliphatic carbocycles. The summed E-state index contributed by atoms with van der Waals surface area (Å²) in [7, 11) is 0. The van der Waals surface area contributed by atoms with Crippen LogP contribution in [0.1, 0.15) is 26.7 Å². The van der Waals surface area contributed by atoms with E-state index in [1.165, 1.54) is 11.8 Å². The van der Waals surface area contributed by atoms with Crippen LogP contribution in [-0.2, 0) is 9.59 Å². The first-order chi connectivity index (χ1) is 21.9. The number of carbonyl (C=O) groups excluding carboxylic acids is 3. The maximum atomic E-state index is 13.6. The number of hydrogen-bond acceptors (Lipinski definition) is 5. The van der Waals surface area contributed by atoms with Crippen LogP contribution in [0.25, 0.3) is 6.08 Å². The Bertz CT molecular complexity index is 1840. The van der Waals surface area contributed by atoms with E-state index in [1.807, 2.05) is 36.4 Å². The van der Waals surface area contributed by atoms with E-state index in [2.05, 4.69) is 20.9 Å². The summed E-state index contributed by atoms with van der Waals surface area (Å²) in [5.41, 5.74) is 2.73. The van der Waals surface area contributed by atoms with Crippen molar-refractivity contribution in [3.63, 3.8) is 0 Å². The maximum absolute atomic E-state index is 13.6. The second-order valence-electron chi connectivity index (χ2n) is 9.67. The smallest absolute Gasteiger partial charge is 0.272 e. The molecule has 45 heavy (non-hydrogen) atoms. The Morgan fingerprint density at radius 1 is 0.778 bits per heavy atom. The number of carbonyl (C=O) groups is 3. The van der Waals surface area contributed by atoms with E-state index in [4.69, 9.17) is 23.2 Å². The first kappa shape index (κ1) is 31.5. The van der Waals surface area contributed by atoms with Gasteiger partial charge in [0, 0.05) is 33.6 Å². The summed E-state index contributed by atoms with van der Waals surface area (Å²) in [5.74, 6) is -1.25. The molecule has 1 atom stereocenters. The molecule has 0 fully saturated rings. The summed E-state index contributed by atoms with van der Waals surface area (Å²) >= 11 is 13.7. The maximum Gasteiger partial charge on any atom is 0.272 e. The summed E-state index contributed by atoms with van der Waals surface area (Å²) in [6, 6.07) is 33.4. The Balaban J connectivity index is 1.37.